The van der Waals surface area contributed by atoms with Crippen molar-refractivity contribution < 1.29 is 9.90 Å². The summed E-state index contributed by atoms with van der Waals surface area (Å²) in [7, 11) is 0. The Hall–Kier alpha value is -2.87. The first-order valence-electron chi connectivity index (χ1n) is 9.46. The SMILES string of the molecule is CCCc1nnnn1C1=CC(c2ccc(C)cn2)([C@H](C)CO)CC(C(N)=O)=C1. The summed E-state index contributed by atoms with van der Waals surface area (Å²) in [6, 6.07) is 3.91. The van der Waals surface area contributed by atoms with Crippen molar-refractivity contribution in [3.63, 3.8) is 0 Å². The zero-order valence-electron chi connectivity index (χ0n) is 16.5. The largest absolute Gasteiger partial charge is 0.396 e. The molecular formula is C20H26N6O2. The average molecular weight is 382 g/mol. The summed E-state index contributed by atoms with van der Waals surface area (Å²) in [5.41, 5.74) is 7.89. The zero-order chi connectivity index (χ0) is 20.3. The molecule has 0 bridgehead atoms. The molecule has 2 heterocycles. The molecule has 0 spiro atoms. The summed E-state index contributed by atoms with van der Waals surface area (Å²) in [6.45, 7) is 5.89. The summed E-state index contributed by atoms with van der Waals surface area (Å²) < 4.78 is 1.64. The van der Waals surface area contributed by atoms with E-state index in [1.807, 2.05) is 39.0 Å². The van der Waals surface area contributed by atoms with E-state index in [-0.39, 0.29) is 12.5 Å². The number of carbonyl (C=O) groups excluding carboxylic acids is 1. The highest BCUT2D eigenvalue weighted by atomic mass is 16.3. The Morgan fingerprint density at radius 3 is 2.82 bits per heavy atom. The third kappa shape index (κ3) is 3.60. The van der Waals surface area contributed by atoms with E-state index < -0.39 is 11.3 Å². The maximum absolute atomic E-state index is 12.1. The smallest absolute Gasteiger partial charge is 0.244 e. The third-order valence-electron chi connectivity index (χ3n) is 5.32. The lowest BCUT2D eigenvalue weighted by molar-refractivity contribution is -0.114. The summed E-state index contributed by atoms with van der Waals surface area (Å²) in [4.78, 5) is 16.8. The van der Waals surface area contributed by atoms with Gasteiger partial charge in [-0.1, -0.05) is 19.9 Å². The van der Waals surface area contributed by atoms with Crippen molar-refractivity contribution in [1.82, 2.24) is 25.2 Å². The highest BCUT2D eigenvalue weighted by Crippen LogP contribution is 2.43. The number of aliphatic hydroxyl groups is 1. The van der Waals surface area contributed by atoms with Crippen molar-refractivity contribution in [2.45, 2.75) is 45.4 Å². The van der Waals surface area contributed by atoms with Crippen LogP contribution in [0.5, 0.6) is 0 Å². The normalized spacial score (nSPS) is 20.4. The van der Waals surface area contributed by atoms with Crippen LogP contribution in [0.2, 0.25) is 0 Å². The first-order valence-corrected chi connectivity index (χ1v) is 9.46. The van der Waals surface area contributed by atoms with E-state index in [0.717, 1.165) is 17.7 Å². The minimum atomic E-state index is -0.702. The molecule has 0 aromatic carbocycles. The van der Waals surface area contributed by atoms with E-state index in [0.29, 0.717) is 29.9 Å². The first kappa shape index (κ1) is 19.9. The molecule has 28 heavy (non-hydrogen) atoms. The number of carbonyl (C=O) groups is 1. The fourth-order valence-electron chi connectivity index (χ4n) is 3.61. The average Bonchev–Trinajstić information content (AvgIpc) is 3.16. The fraction of sp³-hybridized carbons (Fsp3) is 0.450. The number of primary amides is 1. The highest BCUT2D eigenvalue weighted by Gasteiger charge is 2.41. The number of hydrogen-bond donors (Lipinski definition) is 2. The number of aromatic nitrogens is 5. The van der Waals surface area contributed by atoms with E-state index in [9.17, 15) is 9.90 Å². The van der Waals surface area contributed by atoms with Crippen LogP contribution in [-0.2, 0) is 16.6 Å². The van der Waals surface area contributed by atoms with E-state index >= 15 is 0 Å². The highest BCUT2D eigenvalue weighted by molar-refractivity contribution is 5.95. The number of nitrogens with two attached hydrogens (primary N) is 1. The Morgan fingerprint density at radius 2 is 2.21 bits per heavy atom. The van der Waals surface area contributed by atoms with Gasteiger partial charge >= 0.3 is 0 Å². The summed E-state index contributed by atoms with van der Waals surface area (Å²) in [5, 5.41) is 22.0. The van der Waals surface area contributed by atoms with Gasteiger partial charge in [-0.15, -0.1) is 5.10 Å². The zero-order valence-corrected chi connectivity index (χ0v) is 16.5. The quantitative estimate of drug-likeness (QED) is 0.750. The molecule has 0 saturated carbocycles. The van der Waals surface area contributed by atoms with Crippen molar-refractivity contribution >= 4 is 11.6 Å². The van der Waals surface area contributed by atoms with Gasteiger partial charge in [0.1, 0.15) is 0 Å². The van der Waals surface area contributed by atoms with Crippen LogP contribution in [0.15, 0.2) is 36.1 Å². The maximum Gasteiger partial charge on any atom is 0.244 e. The number of hydrogen-bond acceptors (Lipinski definition) is 6. The number of tetrazole rings is 1. The fourth-order valence-corrected chi connectivity index (χ4v) is 3.61. The lowest BCUT2D eigenvalue weighted by Gasteiger charge is -2.38. The lowest BCUT2D eigenvalue weighted by Crippen LogP contribution is -2.39. The van der Waals surface area contributed by atoms with Gasteiger partial charge in [0.15, 0.2) is 5.82 Å². The van der Waals surface area contributed by atoms with Gasteiger partial charge in [-0.3, -0.25) is 9.78 Å². The molecule has 3 N–H and O–H groups in total. The molecule has 1 unspecified atom stereocenters. The molecule has 0 fully saturated rings. The van der Waals surface area contributed by atoms with Crippen molar-refractivity contribution in [3.8, 4) is 0 Å². The van der Waals surface area contributed by atoms with Gasteiger partial charge < -0.3 is 10.8 Å². The van der Waals surface area contributed by atoms with Crippen molar-refractivity contribution in [2.75, 3.05) is 6.61 Å². The second kappa shape index (κ2) is 8.02. The second-order valence-electron chi connectivity index (χ2n) is 7.38. The topological polar surface area (TPSA) is 120 Å². The number of aryl methyl sites for hydroxylation is 2. The van der Waals surface area contributed by atoms with E-state index in [1.54, 1.807) is 17.0 Å². The van der Waals surface area contributed by atoms with E-state index in [4.69, 9.17) is 5.73 Å². The summed E-state index contributed by atoms with van der Waals surface area (Å²) in [5.74, 6) is 0.00217. The molecule has 1 aliphatic carbocycles. The van der Waals surface area contributed by atoms with Crippen LogP contribution in [-0.4, -0.2) is 42.8 Å². The molecular weight excluding hydrogens is 356 g/mol. The number of aliphatic hydroxyl groups excluding tert-OH is 1. The maximum atomic E-state index is 12.1. The van der Waals surface area contributed by atoms with Crippen LogP contribution < -0.4 is 5.73 Å². The second-order valence-corrected chi connectivity index (χ2v) is 7.38. The van der Waals surface area contributed by atoms with Gasteiger partial charge in [0.2, 0.25) is 5.91 Å². The van der Waals surface area contributed by atoms with Gasteiger partial charge in [0.25, 0.3) is 0 Å². The van der Waals surface area contributed by atoms with Crippen molar-refractivity contribution in [3.05, 3.63) is 53.1 Å². The Morgan fingerprint density at radius 1 is 1.43 bits per heavy atom. The molecule has 1 aliphatic rings. The molecule has 3 rings (SSSR count). The van der Waals surface area contributed by atoms with Gasteiger partial charge in [-0.25, -0.2) is 0 Å². The van der Waals surface area contributed by atoms with Crippen LogP contribution in [0, 0.1) is 12.8 Å². The molecule has 8 nitrogen and oxygen atoms in total. The molecule has 148 valence electrons. The Balaban J connectivity index is 2.22. The van der Waals surface area contributed by atoms with Crippen LogP contribution in [0.1, 0.15) is 43.8 Å². The molecule has 0 aliphatic heterocycles. The molecule has 2 aromatic rings. The number of amides is 1. The predicted molar refractivity (Wildman–Crippen MR) is 105 cm³/mol. The van der Waals surface area contributed by atoms with Crippen molar-refractivity contribution in [1.29, 1.82) is 0 Å². The lowest BCUT2D eigenvalue weighted by atomic mass is 9.66. The standard InChI is InChI=1S/C20H26N6O2/c1-4-5-18-23-24-25-26(18)16-8-15(19(21)28)9-20(10-16,14(3)12-27)17-7-6-13(2)11-22-17/h6-8,10-11,14,27H,4-5,9,12H2,1-3H3,(H2,21,28)/t14-,20?/m1/s1. The monoisotopic (exact) mass is 382 g/mol. The Kier molecular flexibility index (Phi) is 5.69. The summed E-state index contributed by atoms with van der Waals surface area (Å²) in [6.07, 6.45) is 7.47. The van der Waals surface area contributed by atoms with Gasteiger partial charge in [0, 0.05) is 30.2 Å². The molecule has 0 radical (unpaired) electrons. The van der Waals surface area contributed by atoms with Crippen molar-refractivity contribution in [2.24, 2.45) is 11.7 Å². The third-order valence-corrected chi connectivity index (χ3v) is 5.32. The molecule has 2 atom stereocenters. The Bertz CT molecular complexity index is 915. The number of allylic oxidation sites excluding steroid dienone is 3. The van der Waals surface area contributed by atoms with Crippen LogP contribution in [0.3, 0.4) is 0 Å². The van der Waals surface area contributed by atoms with Gasteiger partial charge in [-0.2, -0.15) is 4.68 Å². The van der Waals surface area contributed by atoms with Gasteiger partial charge in [-0.05, 0) is 59.9 Å². The summed E-state index contributed by atoms with van der Waals surface area (Å²) >= 11 is 0. The van der Waals surface area contributed by atoms with Gasteiger partial charge in [0.05, 0.1) is 11.4 Å². The molecule has 8 heteroatoms. The van der Waals surface area contributed by atoms with Crippen LogP contribution >= 0.6 is 0 Å². The molecule has 0 saturated heterocycles. The van der Waals surface area contributed by atoms with Crippen LogP contribution in [0.4, 0.5) is 0 Å². The Labute approximate surface area is 164 Å². The van der Waals surface area contributed by atoms with E-state index in [1.165, 1.54) is 0 Å². The minimum Gasteiger partial charge on any atom is -0.396 e. The van der Waals surface area contributed by atoms with E-state index in [2.05, 4.69) is 20.5 Å². The number of pyridine rings is 1. The van der Waals surface area contributed by atoms with Crippen LogP contribution in [0.25, 0.3) is 5.70 Å². The predicted octanol–water partition coefficient (Wildman–Crippen LogP) is 1.55. The first-order chi connectivity index (χ1) is 13.4. The number of rotatable bonds is 7. The minimum absolute atomic E-state index is 0.0667. The number of nitrogens with zero attached hydrogens (tertiary/aromatic N) is 5. The molecule has 2 aromatic heterocycles. The molecule has 1 amide bonds.